The number of aromatic nitrogens is 5. The third-order valence-corrected chi connectivity index (χ3v) is 13.4. The second kappa shape index (κ2) is 24.4. The number of ether oxygens (including phenoxy) is 4. The van der Waals surface area contributed by atoms with Crippen molar-refractivity contribution >= 4 is 76.2 Å². The van der Waals surface area contributed by atoms with Gasteiger partial charge in [0, 0.05) is 68.5 Å². The minimum atomic E-state index is -4.18. The molecule has 2 aliphatic rings. The van der Waals surface area contributed by atoms with E-state index in [1.165, 1.54) is 20.4 Å². The van der Waals surface area contributed by atoms with Gasteiger partial charge in [-0.2, -0.15) is 4.68 Å². The molecule has 3 aromatic carbocycles. The number of amides is 4. The van der Waals surface area contributed by atoms with E-state index in [2.05, 4.69) is 31.3 Å². The maximum absolute atomic E-state index is 16.3. The summed E-state index contributed by atoms with van der Waals surface area (Å²) < 4.78 is 59.3. The lowest BCUT2D eigenvalue weighted by molar-refractivity contribution is -0.359. The van der Waals surface area contributed by atoms with Gasteiger partial charge in [-0.25, -0.2) is 14.2 Å². The number of thiophene rings is 1. The number of methoxy groups -OCH3 is 1. The van der Waals surface area contributed by atoms with Crippen molar-refractivity contribution in [2.75, 3.05) is 65.1 Å². The molecule has 4 amide bonds. The van der Waals surface area contributed by atoms with Crippen molar-refractivity contribution in [3.05, 3.63) is 141 Å². The Balaban J connectivity index is 0.581. The maximum Gasteiger partial charge on any atom is 0.737 e. The van der Waals surface area contributed by atoms with Gasteiger partial charge in [0.1, 0.15) is 11.5 Å². The van der Waals surface area contributed by atoms with Gasteiger partial charge in [0.05, 0.1) is 55.1 Å². The average Bonchev–Trinajstić information content (AvgIpc) is 4.29. The molecule has 0 bridgehead atoms. The van der Waals surface area contributed by atoms with Crippen molar-refractivity contribution in [1.29, 1.82) is 0 Å². The van der Waals surface area contributed by atoms with Gasteiger partial charge in [0.25, 0.3) is 5.91 Å². The Morgan fingerprint density at radius 1 is 0.724 bits per heavy atom. The van der Waals surface area contributed by atoms with Crippen LogP contribution in [-0.4, -0.2) is 124 Å². The Kier molecular flexibility index (Phi) is 16.9. The summed E-state index contributed by atoms with van der Waals surface area (Å²) in [5.74, 6) is -0.0879. The van der Waals surface area contributed by atoms with E-state index in [-0.39, 0.29) is 68.4 Å². The number of carbonyl (C=O) groups excluding carboxylic acids is 4. The largest absolute Gasteiger partial charge is 0.737 e. The van der Waals surface area contributed by atoms with Gasteiger partial charge in [-0.15, -0.1) is 16.4 Å². The molecule has 9 rings (SSSR count). The van der Waals surface area contributed by atoms with Crippen LogP contribution in [0.2, 0.25) is 0 Å². The van der Waals surface area contributed by atoms with Gasteiger partial charge in [0.15, 0.2) is 23.8 Å². The summed E-state index contributed by atoms with van der Waals surface area (Å²) in [5, 5.41) is 17.4. The Hall–Kier alpha value is -8.28. The minimum Gasteiger partial charge on any atom is -0.497 e. The highest BCUT2D eigenvalue weighted by atomic mass is 32.1. The van der Waals surface area contributed by atoms with Crippen LogP contribution in [0.5, 0.6) is 11.5 Å². The highest BCUT2D eigenvalue weighted by Crippen LogP contribution is 2.37. The van der Waals surface area contributed by atoms with E-state index in [4.69, 9.17) is 18.9 Å². The highest BCUT2D eigenvalue weighted by Gasteiger charge is 2.53. The van der Waals surface area contributed by atoms with Gasteiger partial charge >= 0.3 is 12.7 Å². The van der Waals surface area contributed by atoms with Crippen LogP contribution < -0.4 is 36.4 Å². The van der Waals surface area contributed by atoms with Crippen molar-refractivity contribution in [3.63, 3.8) is 0 Å². The summed E-state index contributed by atoms with van der Waals surface area (Å²) in [4.78, 5) is 69.0. The first-order chi connectivity index (χ1) is 37.0. The zero-order valence-corrected chi connectivity index (χ0v) is 42.4. The zero-order valence-electron chi connectivity index (χ0n) is 41.5. The van der Waals surface area contributed by atoms with Crippen molar-refractivity contribution in [3.8, 4) is 28.4 Å². The van der Waals surface area contributed by atoms with Crippen LogP contribution in [-0.2, 0) is 28.7 Å². The first-order valence-electron chi connectivity index (χ1n) is 24.9. The number of benzene rings is 3. The van der Waals surface area contributed by atoms with Crippen LogP contribution in [0.3, 0.4) is 0 Å². The number of carbonyl (C=O) groups is 4. The van der Waals surface area contributed by atoms with Crippen molar-refractivity contribution in [1.82, 2.24) is 39.6 Å². The van der Waals surface area contributed by atoms with E-state index in [1.807, 2.05) is 17.5 Å². The van der Waals surface area contributed by atoms with E-state index >= 15 is 8.63 Å². The van der Waals surface area contributed by atoms with Gasteiger partial charge in [-0.3, -0.25) is 19.2 Å². The summed E-state index contributed by atoms with van der Waals surface area (Å²) >= 11 is 1.42. The molecule has 0 saturated carbocycles. The fourth-order valence-corrected chi connectivity index (χ4v) is 9.55. The molecule has 4 N–H and O–H groups in total. The molecule has 76 heavy (non-hydrogen) atoms. The zero-order chi connectivity index (χ0) is 53.0. The summed E-state index contributed by atoms with van der Waals surface area (Å²) in [6, 6.07) is 27.6. The molecule has 19 nitrogen and oxygen atoms in total. The summed E-state index contributed by atoms with van der Waals surface area (Å²) in [7, 11) is 1.54. The molecule has 0 unspecified atom stereocenters. The van der Waals surface area contributed by atoms with Crippen molar-refractivity contribution in [2.45, 2.75) is 38.5 Å². The quantitative estimate of drug-likeness (QED) is 0.0367. The van der Waals surface area contributed by atoms with E-state index in [9.17, 15) is 24.0 Å². The number of allylic oxidation sites excluding steroid dienone is 2. The van der Waals surface area contributed by atoms with Crippen LogP contribution in [0.25, 0.3) is 39.7 Å². The molecule has 2 aliphatic heterocycles. The standard InChI is InChI=1S/C53H55BF2N10O9S/c1-72-40-20-14-37(15-21-40)66-53(71)63-44-9-5-4-8-42(44)60-51(52(63)62-66)61-49(69)25-24-48(68)59-28-30-74-32-31-73-29-27-58-47(67)11-3-2-6-26-57-50(70)35-75-41-18-12-36(13-19-41)43-22-16-38-34-39-17-23-45(46-10-7-33-76-46)65(39)54(55,56)64(38)43/h4-5,7-10,12-23,33-34H,2-3,6,11,24-32,35H2,1H3,(H,57,70)(H,58,67)(H,59,68)(H,60,61,69). The normalized spacial score (nSPS) is 13.3. The van der Waals surface area contributed by atoms with Crippen LogP contribution >= 0.6 is 11.3 Å². The summed E-state index contributed by atoms with van der Waals surface area (Å²) in [6.45, 7) is -2.29. The van der Waals surface area contributed by atoms with Gasteiger partial charge in [0.2, 0.25) is 23.4 Å². The molecule has 0 spiro atoms. The predicted molar refractivity (Wildman–Crippen MR) is 284 cm³/mol. The molecule has 0 aliphatic carbocycles. The summed E-state index contributed by atoms with van der Waals surface area (Å²) in [5.41, 5.74) is 3.49. The third-order valence-electron chi connectivity index (χ3n) is 12.5. The van der Waals surface area contributed by atoms with Crippen molar-refractivity contribution in [2.24, 2.45) is 0 Å². The first-order valence-corrected chi connectivity index (χ1v) is 25.7. The second-order valence-electron chi connectivity index (χ2n) is 17.7. The fraction of sp³-hybridized carbons (Fsp3) is 0.283. The Bertz CT molecular complexity index is 3390. The molecule has 0 radical (unpaired) electrons. The molecule has 0 fully saturated rings. The molecule has 0 saturated heterocycles. The molecular formula is C53H55BF2N10O9S. The topological polar surface area (TPSA) is 213 Å². The predicted octanol–water partition coefficient (Wildman–Crippen LogP) is 5.96. The van der Waals surface area contributed by atoms with Crippen LogP contribution in [0, 0.1) is 0 Å². The number of anilines is 1. The molecule has 23 heteroatoms. The first kappa shape index (κ1) is 52.6. The van der Waals surface area contributed by atoms with Gasteiger partial charge in [-0.1, -0.05) is 24.6 Å². The SMILES string of the molecule is COc1ccc(-n2nc3c(NC(=O)CCC(=O)NCCOCCOCCNC(=O)CCCCCNC(=O)COc4ccc(-c5ccc6n5[B-](F)(F)[N+]5=C(c7cccs7)C=CC5=C6)cc4)nc4ccccc4n3c2=O)cc1. The second-order valence-corrected chi connectivity index (χ2v) is 18.6. The number of hydrogen-bond donors (Lipinski definition) is 4. The molecule has 394 valence electrons. The Morgan fingerprint density at radius 2 is 1.43 bits per heavy atom. The number of fused-ring (bicyclic) bond motifs is 5. The van der Waals surface area contributed by atoms with Crippen LogP contribution in [0.15, 0.2) is 125 Å². The summed E-state index contributed by atoms with van der Waals surface area (Å²) in [6.07, 6.45) is 7.40. The Labute approximate surface area is 438 Å². The molecule has 7 aromatic rings. The number of halogens is 2. The molecule has 4 aromatic heterocycles. The van der Waals surface area contributed by atoms with Crippen molar-refractivity contribution < 1.29 is 51.2 Å². The monoisotopic (exact) mass is 1060 g/mol. The van der Waals surface area contributed by atoms with E-state index < -0.39 is 18.6 Å². The van der Waals surface area contributed by atoms with E-state index in [1.54, 1.807) is 110 Å². The molecular weight excluding hydrogens is 1000 g/mol. The van der Waals surface area contributed by atoms with E-state index in [0.717, 1.165) is 20.3 Å². The fourth-order valence-electron chi connectivity index (χ4n) is 8.80. The molecule has 0 atom stereocenters. The van der Waals surface area contributed by atoms with Crippen LogP contribution in [0.4, 0.5) is 14.4 Å². The highest BCUT2D eigenvalue weighted by molar-refractivity contribution is 7.12. The van der Waals surface area contributed by atoms with Gasteiger partial charge in [-0.05, 0) is 103 Å². The smallest absolute Gasteiger partial charge is 0.497 e. The number of nitrogens with zero attached hydrogens (tertiary/aromatic N) is 6. The van der Waals surface area contributed by atoms with Gasteiger partial charge < -0.3 is 57.8 Å². The number of unbranched alkanes of at least 4 members (excludes halogenated alkanes) is 2. The number of hydrogen-bond acceptors (Lipinski definition) is 12. The lowest BCUT2D eigenvalue weighted by atomic mass is 9.90. The lowest BCUT2D eigenvalue weighted by Gasteiger charge is -2.30. The van der Waals surface area contributed by atoms with E-state index in [0.29, 0.717) is 102 Å². The number of nitrogens with one attached hydrogen (secondary N) is 4. The van der Waals surface area contributed by atoms with Crippen LogP contribution in [0.1, 0.15) is 49.1 Å². The maximum atomic E-state index is 16.3. The number of para-hydroxylation sites is 2. The molecule has 6 heterocycles. The number of rotatable bonds is 26. The average molecular weight is 1060 g/mol. The lowest BCUT2D eigenvalue weighted by Crippen LogP contribution is -2.50. The Morgan fingerprint density at radius 3 is 2.17 bits per heavy atom. The minimum absolute atomic E-state index is 0.0833. The third kappa shape index (κ3) is 12.3.